The quantitative estimate of drug-likeness (QED) is 0.642. The van der Waals surface area contributed by atoms with Crippen LogP contribution in [0.15, 0.2) is 24.3 Å². The normalized spacial score (nSPS) is 22.3. The number of sulfone groups is 1. The van der Waals surface area contributed by atoms with Crippen molar-refractivity contribution in [1.29, 1.82) is 0 Å². The van der Waals surface area contributed by atoms with Crippen LogP contribution in [0, 0.1) is 11.7 Å². The van der Waals surface area contributed by atoms with Gasteiger partial charge in [0.05, 0.1) is 17.1 Å². The van der Waals surface area contributed by atoms with Crippen LogP contribution in [-0.4, -0.2) is 43.9 Å². The highest BCUT2D eigenvalue weighted by Gasteiger charge is 2.33. The summed E-state index contributed by atoms with van der Waals surface area (Å²) in [6, 6.07) is 4.96. The van der Waals surface area contributed by atoms with Crippen molar-refractivity contribution in [2.45, 2.75) is 51.7 Å². The zero-order chi connectivity index (χ0) is 23.8. The summed E-state index contributed by atoms with van der Waals surface area (Å²) in [5, 5.41) is 6.15. The molecule has 1 fully saturated rings. The second kappa shape index (κ2) is 9.42. The molecule has 1 aliphatic carbocycles. The van der Waals surface area contributed by atoms with E-state index >= 15 is 0 Å². The molecule has 1 aromatic carbocycles. The maximum atomic E-state index is 13.2. The number of amides is 2. The van der Waals surface area contributed by atoms with E-state index in [1.165, 1.54) is 35.6 Å². The van der Waals surface area contributed by atoms with Crippen molar-refractivity contribution < 1.29 is 27.1 Å². The maximum absolute atomic E-state index is 13.2. The van der Waals surface area contributed by atoms with E-state index in [2.05, 4.69) is 17.6 Å². The summed E-state index contributed by atoms with van der Waals surface area (Å²) in [5.74, 6) is -0.334. The predicted molar refractivity (Wildman–Crippen MR) is 125 cm³/mol. The average molecular weight is 495 g/mol. The SMILES string of the molecule is C[C@@H]1CCc2c(sc(NC(=O)[C@@H](C)Oc3ccc(F)cc3)c2C(=O)N[C@H]2CCS(=O)(=O)C2)C1. The third-order valence-corrected chi connectivity index (χ3v) is 8.98. The molecular formula is C23H27FN2O5S2. The summed E-state index contributed by atoms with van der Waals surface area (Å²) in [4.78, 5) is 27.1. The maximum Gasteiger partial charge on any atom is 0.265 e. The smallest absolute Gasteiger partial charge is 0.265 e. The van der Waals surface area contributed by atoms with E-state index in [1.54, 1.807) is 6.92 Å². The summed E-state index contributed by atoms with van der Waals surface area (Å²) >= 11 is 1.39. The lowest BCUT2D eigenvalue weighted by Crippen LogP contribution is -2.37. The molecule has 4 rings (SSSR count). The van der Waals surface area contributed by atoms with Crippen molar-refractivity contribution in [2.75, 3.05) is 16.8 Å². The first-order valence-corrected chi connectivity index (χ1v) is 13.6. The molecule has 7 nitrogen and oxygen atoms in total. The van der Waals surface area contributed by atoms with E-state index in [1.807, 2.05) is 0 Å². The van der Waals surface area contributed by atoms with Crippen LogP contribution in [0.4, 0.5) is 9.39 Å². The molecule has 3 atom stereocenters. The lowest BCUT2D eigenvalue weighted by molar-refractivity contribution is -0.122. The molecule has 2 N–H and O–H groups in total. The van der Waals surface area contributed by atoms with E-state index in [-0.39, 0.29) is 17.4 Å². The average Bonchev–Trinajstić information content (AvgIpc) is 3.27. The number of ether oxygens (including phenoxy) is 1. The number of fused-ring (bicyclic) bond motifs is 1. The highest BCUT2D eigenvalue weighted by atomic mass is 32.2. The molecule has 1 aliphatic heterocycles. The Labute approximate surface area is 196 Å². The molecule has 0 unspecified atom stereocenters. The van der Waals surface area contributed by atoms with Crippen LogP contribution in [-0.2, 0) is 27.5 Å². The van der Waals surface area contributed by atoms with Gasteiger partial charge in [0.2, 0.25) is 0 Å². The number of rotatable bonds is 6. The summed E-state index contributed by atoms with van der Waals surface area (Å²) in [5.41, 5.74) is 1.35. The first kappa shape index (κ1) is 23.7. The van der Waals surface area contributed by atoms with Crippen LogP contribution in [0.2, 0.25) is 0 Å². The molecule has 1 saturated heterocycles. The number of carbonyl (C=O) groups is 2. The van der Waals surface area contributed by atoms with Gasteiger partial charge < -0.3 is 15.4 Å². The molecule has 10 heteroatoms. The number of anilines is 1. The molecule has 0 bridgehead atoms. The molecule has 1 aromatic heterocycles. The Bertz CT molecular complexity index is 1160. The Morgan fingerprint density at radius 1 is 1.21 bits per heavy atom. The Hall–Kier alpha value is -2.46. The van der Waals surface area contributed by atoms with Crippen LogP contribution in [0.1, 0.15) is 47.5 Å². The largest absolute Gasteiger partial charge is 0.481 e. The Morgan fingerprint density at radius 3 is 2.61 bits per heavy atom. The van der Waals surface area contributed by atoms with Crippen LogP contribution >= 0.6 is 11.3 Å². The summed E-state index contributed by atoms with van der Waals surface area (Å²) in [6.07, 6.45) is 2.02. The number of hydrogen-bond acceptors (Lipinski definition) is 6. The molecule has 178 valence electrons. The van der Waals surface area contributed by atoms with E-state index in [9.17, 15) is 22.4 Å². The first-order valence-electron chi connectivity index (χ1n) is 11.0. The van der Waals surface area contributed by atoms with Gasteiger partial charge in [-0.1, -0.05) is 6.92 Å². The summed E-state index contributed by atoms with van der Waals surface area (Å²) < 4.78 is 42.3. The zero-order valence-electron chi connectivity index (χ0n) is 18.5. The second-order valence-corrected chi connectivity index (χ2v) is 12.2. The van der Waals surface area contributed by atoms with Gasteiger partial charge in [-0.2, -0.15) is 0 Å². The fourth-order valence-corrected chi connectivity index (χ4v) is 7.31. The Morgan fingerprint density at radius 2 is 1.94 bits per heavy atom. The van der Waals surface area contributed by atoms with E-state index < -0.39 is 33.7 Å². The number of thiophene rings is 1. The topological polar surface area (TPSA) is 102 Å². The molecule has 2 heterocycles. The molecule has 0 spiro atoms. The molecule has 2 aliphatic rings. The second-order valence-electron chi connectivity index (χ2n) is 8.83. The van der Waals surface area contributed by atoms with E-state index in [0.717, 1.165) is 29.7 Å². The van der Waals surface area contributed by atoms with Crippen molar-refractivity contribution in [1.82, 2.24) is 5.32 Å². The number of nitrogens with one attached hydrogen (secondary N) is 2. The van der Waals surface area contributed by atoms with Gasteiger partial charge in [0.1, 0.15) is 16.6 Å². The lowest BCUT2D eigenvalue weighted by Gasteiger charge is -2.19. The molecule has 2 amide bonds. The lowest BCUT2D eigenvalue weighted by atomic mass is 9.88. The molecule has 0 saturated carbocycles. The molecular weight excluding hydrogens is 467 g/mol. The van der Waals surface area contributed by atoms with Crippen LogP contribution in [0.25, 0.3) is 0 Å². The van der Waals surface area contributed by atoms with Crippen molar-refractivity contribution in [3.63, 3.8) is 0 Å². The highest BCUT2D eigenvalue weighted by Crippen LogP contribution is 2.40. The predicted octanol–water partition coefficient (Wildman–Crippen LogP) is 3.33. The van der Waals surface area contributed by atoms with E-state index in [4.69, 9.17) is 4.74 Å². The summed E-state index contributed by atoms with van der Waals surface area (Å²) in [6.45, 7) is 3.74. The van der Waals surface area contributed by atoms with Gasteiger partial charge in [-0.25, -0.2) is 12.8 Å². The van der Waals surface area contributed by atoms with Crippen molar-refractivity contribution >= 4 is 38.0 Å². The van der Waals surface area contributed by atoms with Gasteiger partial charge in [0.15, 0.2) is 15.9 Å². The van der Waals surface area contributed by atoms with Crippen LogP contribution in [0.5, 0.6) is 5.75 Å². The van der Waals surface area contributed by atoms with E-state index in [0.29, 0.717) is 28.7 Å². The molecule has 0 radical (unpaired) electrons. The minimum Gasteiger partial charge on any atom is -0.481 e. The molecule has 2 aromatic rings. The van der Waals surface area contributed by atoms with Gasteiger partial charge in [0.25, 0.3) is 11.8 Å². The number of hydrogen-bond donors (Lipinski definition) is 2. The monoisotopic (exact) mass is 494 g/mol. The highest BCUT2D eigenvalue weighted by molar-refractivity contribution is 7.91. The number of benzene rings is 1. The van der Waals surface area contributed by atoms with Gasteiger partial charge >= 0.3 is 0 Å². The zero-order valence-corrected chi connectivity index (χ0v) is 20.2. The fraction of sp³-hybridized carbons (Fsp3) is 0.478. The number of carbonyl (C=O) groups excluding carboxylic acids is 2. The Kier molecular flexibility index (Phi) is 6.76. The first-order chi connectivity index (χ1) is 15.6. The minimum atomic E-state index is -3.13. The minimum absolute atomic E-state index is 0.0632. The summed E-state index contributed by atoms with van der Waals surface area (Å²) in [7, 11) is -3.13. The van der Waals surface area contributed by atoms with Crippen LogP contribution < -0.4 is 15.4 Å². The van der Waals surface area contributed by atoms with Crippen molar-refractivity contribution in [2.24, 2.45) is 5.92 Å². The van der Waals surface area contributed by atoms with Gasteiger partial charge in [-0.15, -0.1) is 11.3 Å². The molecule has 33 heavy (non-hydrogen) atoms. The standard InChI is InChI=1S/C23H27FN2O5S2/c1-13-3-8-18-19(11-13)32-23(20(18)22(28)25-16-9-10-33(29,30)12-16)26-21(27)14(2)31-17-6-4-15(24)5-7-17/h4-7,13-14,16H,3,8-12H2,1-2H3,(H,25,28)(H,26,27)/t13-,14-,16+/m1/s1. The van der Waals surface area contributed by atoms with Crippen LogP contribution in [0.3, 0.4) is 0 Å². The fourth-order valence-electron chi connectivity index (χ4n) is 4.23. The van der Waals surface area contributed by atoms with Gasteiger partial charge in [-0.05, 0) is 68.4 Å². The van der Waals surface area contributed by atoms with Gasteiger partial charge in [-0.3, -0.25) is 9.59 Å². The van der Waals surface area contributed by atoms with Crippen molar-refractivity contribution in [3.8, 4) is 5.75 Å². The number of halogens is 1. The Balaban J connectivity index is 1.53. The third kappa shape index (κ3) is 5.55. The third-order valence-electron chi connectivity index (χ3n) is 6.04. The van der Waals surface area contributed by atoms with Gasteiger partial charge in [0, 0.05) is 10.9 Å². The van der Waals surface area contributed by atoms with Crippen molar-refractivity contribution in [3.05, 3.63) is 46.1 Å².